The Bertz CT molecular complexity index is 501. The number of nitrogens with zero attached hydrogens (tertiary/aromatic N) is 2. The first-order valence-electron chi connectivity index (χ1n) is 6.29. The van der Waals surface area contributed by atoms with Gasteiger partial charge in [0.25, 0.3) is 0 Å². The highest BCUT2D eigenvalue weighted by Crippen LogP contribution is 2.17. The van der Waals surface area contributed by atoms with Gasteiger partial charge in [-0.25, -0.2) is 0 Å². The maximum Gasteiger partial charge on any atom is 0.0914 e. The van der Waals surface area contributed by atoms with Gasteiger partial charge in [-0.3, -0.25) is 4.68 Å². The van der Waals surface area contributed by atoms with Crippen molar-refractivity contribution >= 4 is 15.9 Å². The lowest BCUT2D eigenvalue weighted by Crippen LogP contribution is -2.33. The number of benzene rings is 1. The van der Waals surface area contributed by atoms with Crippen LogP contribution in [0.1, 0.15) is 18.6 Å². The summed E-state index contributed by atoms with van der Waals surface area (Å²) in [6.07, 6.45) is 3.20. The molecule has 2 N–H and O–H groups in total. The number of rotatable bonds is 6. The molecule has 0 saturated heterocycles. The van der Waals surface area contributed by atoms with Crippen LogP contribution in [0, 0.1) is 0 Å². The summed E-state index contributed by atoms with van der Waals surface area (Å²) in [5, 5.41) is 17.6. The van der Waals surface area contributed by atoms with E-state index >= 15 is 0 Å². The number of hydrogen-bond donors (Lipinski definition) is 2. The molecule has 2 rings (SSSR count). The average Bonchev–Trinajstić information content (AvgIpc) is 2.88. The molecule has 4 nitrogen and oxygen atoms in total. The van der Waals surface area contributed by atoms with Gasteiger partial charge >= 0.3 is 0 Å². The molecule has 1 aromatic heterocycles. The SMILES string of the molecule is C[C@@H](Cn1cccn1)NC[C@H](O)c1cccc(Br)c1. The molecule has 19 heavy (non-hydrogen) atoms. The summed E-state index contributed by atoms with van der Waals surface area (Å²) in [6.45, 7) is 3.40. The van der Waals surface area contributed by atoms with E-state index in [9.17, 15) is 5.11 Å². The highest BCUT2D eigenvalue weighted by molar-refractivity contribution is 9.10. The van der Waals surface area contributed by atoms with Gasteiger partial charge in [-0.15, -0.1) is 0 Å². The molecule has 102 valence electrons. The van der Waals surface area contributed by atoms with Gasteiger partial charge in [-0.1, -0.05) is 28.1 Å². The molecular weight excluding hydrogens is 306 g/mol. The first-order valence-corrected chi connectivity index (χ1v) is 7.09. The van der Waals surface area contributed by atoms with Crippen LogP contribution in [0.5, 0.6) is 0 Å². The van der Waals surface area contributed by atoms with Gasteiger partial charge in [0.15, 0.2) is 0 Å². The van der Waals surface area contributed by atoms with Crippen LogP contribution in [0.25, 0.3) is 0 Å². The fraction of sp³-hybridized carbons (Fsp3) is 0.357. The van der Waals surface area contributed by atoms with Crippen LogP contribution in [-0.2, 0) is 6.54 Å². The second kappa shape index (κ2) is 6.84. The van der Waals surface area contributed by atoms with Crippen molar-refractivity contribution in [2.24, 2.45) is 0 Å². The van der Waals surface area contributed by atoms with Gasteiger partial charge in [0.2, 0.25) is 0 Å². The first-order chi connectivity index (χ1) is 9.15. The van der Waals surface area contributed by atoms with E-state index in [2.05, 4.69) is 33.3 Å². The van der Waals surface area contributed by atoms with E-state index in [4.69, 9.17) is 0 Å². The monoisotopic (exact) mass is 323 g/mol. The summed E-state index contributed by atoms with van der Waals surface area (Å²) in [5.74, 6) is 0. The Morgan fingerprint density at radius 2 is 2.26 bits per heavy atom. The van der Waals surface area contributed by atoms with E-state index in [0.29, 0.717) is 6.54 Å². The molecule has 0 fully saturated rings. The molecule has 0 aliphatic rings. The third-order valence-corrected chi connectivity index (χ3v) is 3.41. The Morgan fingerprint density at radius 1 is 1.42 bits per heavy atom. The van der Waals surface area contributed by atoms with Gasteiger partial charge in [0.1, 0.15) is 0 Å². The van der Waals surface area contributed by atoms with Gasteiger partial charge in [0.05, 0.1) is 12.6 Å². The van der Waals surface area contributed by atoms with Crippen LogP contribution >= 0.6 is 15.9 Å². The number of aliphatic hydroxyl groups excluding tert-OH is 1. The number of aliphatic hydroxyl groups is 1. The smallest absolute Gasteiger partial charge is 0.0914 e. The largest absolute Gasteiger partial charge is 0.387 e. The van der Waals surface area contributed by atoms with Gasteiger partial charge in [-0.05, 0) is 30.7 Å². The molecule has 0 spiro atoms. The van der Waals surface area contributed by atoms with Crippen LogP contribution < -0.4 is 5.32 Å². The number of nitrogens with one attached hydrogen (secondary N) is 1. The predicted molar refractivity (Wildman–Crippen MR) is 78.8 cm³/mol. The van der Waals surface area contributed by atoms with Crippen molar-refractivity contribution in [3.8, 4) is 0 Å². The Labute approximate surface area is 121 Å². The van der Waals surface area contributed by atoms with E-state index in [1.165, 1.54) is 0 Å². The van der Waals surface area contributed by atoms with E-state index in [1.807, 2.05) is 41.2 Å². The van der Waals surface area contributed by atoms with Crippen molar-refractivity contribution in [2.45, 2.75) is 25.6 Å². The summed E-state index contributed by atoms with van der Waals surface area (Å²) in [4.78, 5) is 0. The molecule has 0 radical (unpaired) electrons. The minimum Gasteiger partial charge on any atom is -0.387 e. The zero-order chi connectivity index (χ0) is 13.7. The maximum atomic E-state index is 10.1. The molecule has 0 saturated carbocycles. The lowest BCUT2D eigenvalue weighted by atomic mass is 10.1. The number of halogens is 1. The van der Waals surface area contributed by atoms with Crippen LogP contribution in [0.15, 0.2) is 47.2 Å². The highest BCUT2D eigenvalue weighted by Gasteiger charge is 2.10. The van der Waals surface area contributed by atoms with Crippen molar-refractivity contribution < 1.29 is 5.11 Å². The Kier molecular flexibility index (Phi) is 5.13. The molecule has 2 atom stereocenters. The molecule has 1 aromatic carbocycles. The minimum atomic E-state index is -0.502. The minimum absolute atomic E-state index is 0.252. The molecule has 0 amide bonds. The highest BCUT2D eigenvalue weighted by atomic mass is 79.9. The van der Waals surface area contributed by atoms with E-state index < -0.39 is 6.10 Å². The van der Waals surface area contributed by atoms with Crippen LogP contribution in [0.3, 0.4) is 0 Å². The summed E-state index contributed by atoms with van der Waals surface area (Å²) in [6, 6.07) is 9.89. The van der Waals surface area contributed by atoms with E-state index in [-0.39, 0.29) is 6.04 Å². The van der Waals surface area contributed by atoms with Crippen LogP contribution in [-0.4, -0.2) is 27.5 Å². The van der Waals surface area contributed by atoms with Crippen LogP contribution in [0.2, 0.25) is 0 Å². The summed E-state index contributed by atoms with van der Waals surface area (Å²) < 4.78 is 2.86. The number of aromatic nitrogens is 2. The zero-order valence-electron chi connectivity index (χ0n) is 10.8. The topological polar surface area (TPSA) is 50.1 Å². The zero-order valence-corrected chi connectivity index (χ0v) is 12.4. The third kappa shape index (κ3) is 4.45. The van der Waals surface area contributed by atoms with Crippen LogP contribution in [0.4, 0.5) is 0 Å². The van der Waals surface area contributed by atoms with Crippen molar-refractivity contribution in [3.63, 3.8) is 0 Å². The molecule has 2 aromatic rings. The predicted octanol–water partition coefficient (Wildman–Crippen LogP) is 2.36. The Morgan fingerprint density at radius 3 is 2.95 bits per heavy atom. The molecule has 0 aliphatic carbocycles. The summed E-state index contributed by atoms with van der Waals surface area (Å²) in [5.41, 5.74) is 0.910. The summed E-state index contributed by atoms with van der Waals surface area (Å²) >= 11 is 3.41. The van der Waals surface area contributed by atoms with Crippen molar-refractivity contribution in [1.82, 2.24) is 15.1 Å². The molecule has 0 aliphatic heterocycles. The molecule has 0 unspecified atom stereocenters. The maximum absolute atomic E-state index is 10.1. The molecular formula is C14H18BrN3O. The van der Waals surface area contributed by atoms with Crippen molar-refractivity contribution in [3.05, 3.63) is 52.8 Å². The lowest BCUT2D eigenvalue weighted by molar-refractivity contribution is 0.169. The Balaban J connectivity index is 1.81. The summed E-state index contributed by atoms with van der Waals surface area (Å²) in [7, 11) is 0. The second-order valence-electron chi connectivity index (χ2n) is 4.61. The van der Waals surface area contributed by atoms with Crippen molar-refractivity contribution in [2.75, 3.05) is 6.54 Å². The fourth-order valence-corrected chi connectivity index (χ4v) is 2.32. The average molecular weight is 324 g/mol. The van der Waals surface area contributed by atoms with Gasteiger partial charge in [-0.2, -0.15) is 5.10 Å². The third-order valence-electron chi connectivity index (χ3n) is 2.91. The quantitative estimate of drug-likeness (QED) is 0.858. The second-order valence-corrected chi connectivity index (χ2v) is 5.52. The lowest BCUT2D eigenvalue weighted by Gasteiger charge is -2.17. The van der Waals surface area contributed by atoms with Gasteiger partial charge in [0, 0.05) is 29.5 Å². The van der Waals surface area contributed by atoms with E-state index in [1.54, 1.807) is 6.20 Å². The number of hydrogen-bond acceptors (Lipinski definition) is 3. The van der Waals surface area contributed by atoms with Gasteiger partial charge < -0.3 is 10.4 Å². The molecule has 1 heterocycles. The standard InChI is InChI=1S/C14H18BrN3O/c1-11(10-18-7-3-6-17-18)16-9-14(19)12-4-2-5-13(15)8-12/h2-8,11,14,16,19H,9-10H2,1H3/t11-,14-/m0/s1. The molecule has 0 bridgehead atoms. The van der Waals surface area contributed by atoms with E-state index in [0.717, 1.165) is 16.6 Å². The fourth-order valence-electron chi connectivity index (χ4n) is 1.90. The molecule has 5 heteroatoms. The first kappa shape index (κ1) is 14.2. The normalized spacial score (nSPS) is 14.3. The Hall–Kier alpha value is -1.17. The van der Waals surface area contributed by atoms with Crippen molar-refractivity contribution in [1.29, 1.82) is 0 Å².